The van der Waals surface area contributed by atoms with Gasteiger partial charge in [0.25, 0.3) is 17.7 Å². The molecule has 9 heteroatoms. The fraction of sp³-hybridized carbons (Fsp3) is 0.174. The zero-order valence-electron chi connectivity index (χ0n) is 16.9. The lowest BCUT2D eigenvalue weighted by molar-refractivity contribution is 0.0518. The monoisotopic (exact) mass is 471 g/mol. The largest absolute Gasteiger partial charge is 0.459 e. The van der Waals surface area contributed by atoms with Crippen molar-refractivity contribution in [3.63, 3.8) is 0 Å². The normalized spacial score (nSPS) is 13.7. The SMILES string of the molecule is O=C(Nc1ccc(C(=O)N2CCN(C(=O)c3ccco3)CC2)cc1)c1cc(Cl)cc(Cl)c1. The summed E-state index contributed by atoms with van der Waals surface area (Å²) in [5.41, 5.74) is 1.38. The van der Waals surface area contributed by atoms with Gasteiger partial charge >= 0.3 is 0 Å². The molecule has 0 aliphatic carbocycles. The van der Waals surface area contributed by atoms with Gasteiger partial charge in [0, 0.05) is 53.0 Å². The molecule has 0 bridgehead atoms. The Morgan fingerprint density at radius 1 is 0.781 bits per heavy atom. The minimum atomic E-state index is -0.356. The number of halogens is 2. The van der Waals surface area contributed by atoms with Gasteiger partial charge in [0.2, 0.25) is 0 Å². The first-order valence-electron chi connectivity index (χ1n) is 9.90. The van der Waals surface area contributed by atoms with Crippen LogP contribution in [0.25, 0.3) is 0 Å². The van der Waals surface area contributed by atoms with E-state index in [9.17, 15) is 14.4 Å². The molecule has 4 rings (SSSR count). The molecule has 0 unspecified atom stereocenters. The molecule has 3 amide bonds. The number of amides is 3. The molecular formula is C23H19Cl2N3O4. The first-order valence-corrected chi connectivity index (χ1v) is 10.7. The first-order chi connectivity index (χ1) is 15.4. The van der Waals surface area contributed by atoms with Crippen LogP contribution in [0.3, 0.4) is 0 Å². The van der Waals surface area contributed by atoms with E-state index in [0.717, 1.165) is 0 Å². The number of carbonyl (C=O) groups excluding carboxylic acids is 3. The number of rotatable bonds is 4. The molecular weight excluding hydrogens is 453 g/mol. The Labute approximate surface area is 194 Å². The van der Waals surface area contributed by atoms with E-state index in [0.29, 0.717) is 58.8 Å². The fourth-order valence-corrected chi connectivity index (χ4v) is 3.96. The van der Waals surface area contributed by atoms with Crippen LogP contribution in [0.4, 0.5) is 5.69 Å². The summed E-state index contributed by atoms with van der Waals surface area (Å²) in [5, 5.41) is 3.50. The van der Waals surface area contributed by atoms with E-state index in [2.05, 4.69) is 5.32 Å². The maximum atomic E-state index is 12.8. The molecule has 164 valence electrons. The van der Waals surface area contributed by atoms with Crippen LogP contribution in [0.15, 0.2) is 65.3 Å². The molecule has 1 N–H and O–H groups in total. The summed E-state index contributed by atoms with van der Waals surface area (Å²) in [6.45, 7) is 1.72. The Bertz CT molecular complexity index is 1120. The Balaban J connectivity index is 1.34. The van der Waals surface area contributed by atoms with E-state index in [1.54, 1.807) is 52.3 Å². The van der Waals surface area contributed by atoms with Gasteiger partial charge < -0.3 is 19.5 Å². The lowest BCUT2D eigenvalue weighted by Gasteiger charge is -2.34. The van der Waals surface area contributed by atoms with Crippen molar-refractivity contribution in [3.05, 3.63) is 87.8 Å². The van der Waals surface area contributed by atoms with Crippen LogP contribution in [0.5, 0.6) is 0 Å². The molecule has 1 fully saturated rings. The lowest BCUT2D eigenvalue weighted by Crippen LogP contribution is -2.50. The van der Waals surface area contributed by atoms with Crippen LogP contribution in [-0.4, -0.2) is 53.7 Å². The van der Waals surface area contributed by atoms with E-state index in [-0.39, 0.29) is 17.7 Å². The molecule has 2 aromatic carbocycles. The fourth-order valence-electron chi connectivity index (χ4n) is 3.44. The quantitative estimate of drug-likeness (QED) is 0.609. The van der Waals surface area contributed by atoms with Crippen molar-refractivity contribution in [2.75, 3.05) is 31.5 Å². The maximum Gasteiger partial charge on any atom is 0.289 e. The molecule has 3 aromatic rings. The van der Waals surface area contributed by atoms with Crippen molar-refractivity contribution in [3.8, 4) is 0 Å². The summed E-state index contributed by atoms with van der Waals surface area (Å²) in [4.78, 5) is 41.0. The summed E-state index contributed by atoms with van der Waals surface area (Å²) in [6, 6.07) is 14.5. The number of carbonyl (C=O) groups is 3. The van der Waals surface area contributed by atoms with Crippen LogP contribution >= 0.6 is 23.2 Å². The zero-order valence-corrected chi connectivity index (χ0v) is 18.4. The average molecular weight is 472 g/mol. The smallest absolute Gasteiger partial charge is 0.289 e. The maximum absolute atomic E-state index is 12.8. The van der Waals surface area contributed by atoms with Gasteiger partial charge in [0.1, 0.15) is 0 Å². The molecule has 1 aliphatic rings. The number of hydrogen-bond acceptors (Lipinski definition) is 4. The van der Waals surface area contributed by atoms with Crippen molar-refractivity contribution < 1.29 is 18.8 Å². The number of benzene rings is 2. The highest BCUT2D eigenvalue weighted by atomic mass is 35.5. The van der Waals surface area contributed by atoms with Gasteiger partial charge in [-0.15, -0.1) is 0 Å². The van der Waals surface area contributed by atoms with Crippen molar-refractivity contribution >= 4 is 46.6 Å². The second kappa shape index (κ2) is 9.46. The number of nitrogens with one attached hydrogen (secondary N) is 1. The predicted octanol–water partition coefficient (Wildman–Crippen LogP) is 4.44. The number of furan rings is 1. The van der Waals surface area contributed by atoms with Crippen LogP contribution in [-0.2, 0) is 0 Å². The molecule has 1 aromatic heterocycles. The Kier molecular flexibility index (Phi) is 6.48. The topological polar surface area (TPSA) is 82.9 Å². The summed E-state index contributed by atoms with van der Waals surface area (Å²) < 4.78 is 5.16. The predicted molar refractivity (Wildman–Crippen MR) is 121 cm³/mol. The highest BCUT2D eigenvalue weighted by Crippen LogP contribution is 2.21. The minimum absolute atomic E-state index is 0.130. The van der Waals surface area contributed by atoms with Gasteiger partial charge in [-0.1, -0.05) is 23.2 Å². The minimum Gasteiger partial charge on any atom is -0.459 e. The molecule has 7 nitrogen and oxygen atoms in total. The van der Waals surface area contributed by atoms with Crippen molar-refractivity contribution in [1.82, 2.24) is 9.80 Å². The van der Waals surface area contributed by atoms with Crippen LogP contribution in [0, 0.1) is 0 Å². The van der Waals surface area contributed by atoms with Crippen LogP contribution < -0.4 is 5.32 Å². The number of hydrogen-bond donors (Lipinski definition) is 1. The molecule has 1 aliphatic heterocycles. The third-order valence-electron chi connectivity index (χ3n) is 5.10. The summed E-state index contributed by atoms with van der Waals surface area (Å²) >= 11 is 11.9. The van der Waals surface area contributed by atoms with E-state index in [1.807, 2.05) is 0 Å². The van der Waals surface area contributed by atoms with E-state index >= 15 is 0 Å². The molecule has 1 saturated heterocycles. The zero-order chi connectivity index (χ0) is 22.7. The third kappa shape index (κ3) is 4.95. The van der Waals surface area contributed by atoms with E-state index in [4.69, 9.17) is 27.6 Å². The molecule has 2 heterocycles. The number of nitrogens with zero attached hydrogens (tertiary/aromatic N) is 2. The Hall–Kier alpha value is -3.29. The van der Waals surface area contributed by atoms with Crippen molar-refractivity contribution in [2.24, 2.45) is 0 Å². The summed E-state index contributed by atoms with van der Waals surface area (Å²) in [5.74, 6) is -0.369. The van der Waals surface area contributed by atoms with Crippen LogP contribution in [0.1, 0.15) is 31.3 Å². The highest BCUT2D eigenvalue weighted by Gasteiger charge is 2.26. The van der Waals surface area contributed by atoms with Crippen LogP contribution in [0.2, 0.25) is 10.0 Å². The highest BCUT2D eigenvalue weighted by molar-refractivity contribution is 6.35. The Morgan fingerprint density at radius 3 is 1.94 bits per heavy atom. The van der Waals surface area contributed by atoms with Gasteiger partial charge in [0.15, 0.2) is 5.76 Å². The average Bonchev–Trinajstić information content (AvgIpc) is 3.33. The molecule has 0 saturated carbocycles. The lowest BCUT2D eigenvalue weighted by atomic mass is 10.1. The standard InChI is InChI=1S/C23H19Cl2N3O4/c24-17-12-16(13-18(25)14-17)21(29)26-19-5-3-15(4-6-19)22(30)27-7-9-28(10-8-27)23(31)20-2-1-11-32-20/h1-6,11-14H,7-10H2,(H,26,29). The van der Waals surface area contributed by atoms with Gasteiger partial charge in [-0.25, -0.2) is 0 Å². The molecule has 32 heavy (non-hydrogen) atoms. The summed E-state index contributed by atoms with van der Waals surface area (Å²) in [7, 11) is 0. The summed E-state index contributed by atoms with van der Waals surface area (Å²) in [6.07, 6.45) is 1.46. The van der Waals surface area contributed by atoms with E-state index < -0.39 is 0 Å². The van der Waals surface area contributed by atoms with Crippen molar-refractivity contribution in [1.29, 1.82) is 0 Å². The van der Waals surface area contributed by atoms with E-state index in [1.165, 1.54) is 18.4 Å². The van der Waals surface area contributed by atoms with Gasteiger partial charge in [-0.05, 0) is 54.6 Å². The van der Waals surface area contributed by atoms with Crippen molar-refractivity contribution in [2.45, 2.75) is 0 Å². The molecule has 0 radical (unpaired) electrons. The van der Waals surface area contributed by atoms with Gasteiger partial charge in [0.05, 0.1) is 6.26 Å². The second-order valence-corrected chi connectivity index (χ2v) is 8.12. The first kappa shape index (κ1) is 21.9. The number of anilines is 1. The third-order valence-corrected chi connectivity index (χ3v) is 5.54. The molecule has 0 spiro atoms. The van der Waals surface area contributed by atoms with Gasteiger partial charge in [-0.3, -0.25) is 14.4 Å². The van der Waals surface area contributed by atoms with Gasteiger partial charge in [-0.2, -0.15) is 0 Å². The second-order valence-electron chi connectivity index (χ2n) is 7.25. The molecule has 0 atom stereocenters. The Morgan fingerprint density at radius 2 is 1.38 bits per heavy atom. The number of piperazine rings is 1.